The van der Waals surface area contributed by atoms with E-state index in [1.54, 1.807) is 0 Å². The van der Waals surface area contributed by atoms with E-state index in [9.17, 15) is 0 Å². The second-order valence-corrected chi connectivity index (χ2v) is 4.39. The molecule has 78 valence electrons. The molecule has 0 aliphatic rings. The Bertz CT molecular complexity index is 290. The summed E-state index contributed by atoms with van der Waals surface area (Å²) in [6.45, 7) is 3.06. The number of benzene rings is 1. The van der Waals surface area contributed by atoms with Crippen LogP contribution < -0.4 is 0 Å². The Balaban J connectivity index is 2.64. The predicted molar refractivity (Wildman–Crippen MR) is 62.2 cm³/mol. The van der Waals surface area contributed by atoms with E-state index in [4.69, 9.17) is 5.11 Å². The summed E-state index contributed by atoms with van der Waals surface area (Å²) in [5.74, 6) is 0. The van der Waals surface area contributed by atoms with Crippen LogP contribution in [0.3, 0.4) is 0 Å². The maximum absolute atomic E-state index is 9.00. The zero-order chi connectivity index (χ0) is 10.6. The first kappa shape index (κ1) is 11.7. The van der Waals surface area contributed by atoms with Crippen molar-refractivity contribution in [3.8, 4) is 0 Å². The maximum Gasteiger partial charge on any atom is 0.0584 e. The number of likely N-dealkylation sites (N-methyl/N-ethyl adjacent to an activating group) is 1. The summed E-state index contributed by atoms with van der Waals surface area (Å²) < 4.78 is 1.12. The molecule has 0 bridgehead atoms. The number of rotatable bonds is 4. The SMILES string of the molecule is CC(CO)N(C)Cc1ccccc1Br. The van der Waals surface area contributed by atoms with Gasteiger partial charge in [-0.2, -0.15) is 0 Å². The number of halogens is 1. The van der Waals surface area contributed by atoms with Crippen LogP contribution in [0.1, 0.15) is 12.5 Å². The van der Waals surface area contributed by atoms with Gasteiger partial charge in [0.2, 0.25) is 0 Å². The minimum atomic E-state index is 0.195. The molecule has 0 aromatic heterocycles. The van der Waals surface area contributed by atoms with Gasteiger partial charge in [-0.3, -0.25) is 4.90 Å². The van der Waals surface area contributed by atoms with Gasteiger partial charge in [-0.1, -0.05) is 34.1 Å². The van der Waals surface area contributed by atoms with Crippen LogP contribution in [0.4, 0.5) is 0 Å². The standard InChI is InChI=1S/C11H16BrNO/c1-9(8-14)13(2)7-10-5-3-4-6-11(10)12/h3-6,9,14H,7-8H2,1-2H3. The van der Waals surface area contributed by atoms with E-state index >= 15 is 0 Å². The summed E-state index contributed by atoms with van der Waals surface area (Å²) >= 11 is 3.51. The van der Waals surface area contributed by atoms with Gasteiger partial charge in [0.05, 0.1) is 6.61 Å². The van der Waals surface area contributed by atoms with Crippen molar-refractivity contribution in [3.05, 3.63) is 34.3 Å². The summed E-state index contributed by atoms with van der Waals surface area (Å²) in [6, 6.07) is 8.35. The molecule has 0 amide bonds. The molecule has 0 saturated heterocycles. The zero-order valence-electron chi connectivity index (χ0n) is 8.57. The molecule has 1 rings (SSSR count). The van der Waals surface area contributed by atoms with Gasteiger partial charge in [0.25, 0.3) is 0 Å². The molecular weight excluding hydrogens is 242 g/mol. The van der Waals surface area contributed by atoms with Crippen molar-refractivity contribution in [2.24, 2.45) is 0 Å². The molecular formula is C11H16BrNO. The van der Waals surface area contributed by atoms with Crippen molar-refractivity contribution in [1.82, 2.24) is 4.90 Å². The maximum atomic E-state index is 9.00. The van der Waals surface area contributed by atoms with Crippen molar-refractivity contribution in [2.75, 3.05) is 13.7 Å². The van der Waals surface area contributed by atoms with E-state index in [0.717, 1.165) is 11.0 Å². The van der Waals surface area contributed by atoms with Gasteiger partial charge in [-0.05, 0) is 25.6 Å². The Kier molecular flexibility index (Phi) is 4.58. The lowest BCUT2D eigenvalue weighted by atomic mass is 10.2. The van der Waals surface area contributed by atoms with Crippen LogP contribution in [-0.4, -0.2) is 29.7 Å². The minimum absolute atomic E-state index is 0.195. The van der Waals surface area contributed by atoms with Gasteiger partial charge in [0.1, 0.15) is 0 Å². The van der Waals surface area contributed by atoms with Crippen LogP contribution >= 0.6 is 15.9 Å². The summed E-state index contributed by atoms with van der Waals surface area (Å²) in [7, 11) is 2.01. The highest BCUT2D eigenvalue weighted by Gasteiger charge is 2.09. The summed E-state index contributed by atoms with van der Waals surface area (Å²) in [5, 5.41) is 9.00. The van der Waals surface area contributed by atoms with Gasteiger partial charge >= 0.3 is 0 Å². The fourth-order valence-corrected chi connectivity index (χ4v) is 1.60. The molecule has 0 fully saturated rings. The van der Waals surface area contributed by atoms with Crippen LogP contribution in [0.25, 0.3) is 0 Å². The highest BCUT2D eigenvalue weighted by Crippen LogP contribution is 2.17. The number of hydrogen-bond donors (Lipinski definition) is 1. The van der Waals surface area contributed by atoms with E-state index in [1.807, 2.05) is 32.2 Å². The number of aliphatic hydroxyl groups is 1. The molecule has 0 radical (unpaired) electrons. The van der Waals surface area contributed by atoms with Crippen LogP contribution in [-0.2, 0) is 6.54 Å². The summed E-state index contributed by atoms with van der Waals surface area (Å²) in [5.41, 5.74) is 1.25. The van der Waals surface area contributed by atoms with E-state index in [0.29, 0.717) is 0 Å². The predicted octanol–water partition coefficient (Wildman–Crippen LogP) is 2.26. The molecule has 1 unspecified atom stereocenters. The summed E-state index contributed by atoms with van der Waals surface area (Å²) in [4.78, 5) is 2.13. The smallest absolute Gasteiger partial charge is 0.0584 e. The average molecular weight is 258 g/mol. The highest BCUT2D eigenvalue weighted by atomic mass is 79.9. The Morgan fingerprint density at radius 2 is 2.07 bits per heavy atom. The molecule has 0 saturated carbocycles. The molecule has 3 heteroatoms. The fourth-order valence-electron chi connectivity index (χ4n) is 1.19. The Morgan fingerprint density at radius 3 is 2.64 bits per heavy atom. The monoisotopic (exact) mass is 257 g/mol. The zero-order valence-corrected chi connectivity index (χ0v) is 10.2. The Hall–Kier alpha value is -0.380. The summed E-state index contributed by atoms with van der Waals surface area (Å²) in [6.07, 6.45) is 0. The minimum Gasteiger partial charge on any atom is -0.395 e. The topological polar surface area (TPSA) is 23.5 Å². The van der Waals surface area contributed by atoms with Gasteiger partial charge < -0.3 is 5.11 Å². The van der Waals surface area contributed by atoms with E-state index in [2.05, 4.69) is 26.9 Å². The van der Waals surface area contributed by atoms with Crippen LogP contribution in [0, 0.1) is 0 Å². The van der Waals surface area contributed by atoms with Crippen LogP contribution in [0.15, 0.2) is 28.7 Å². The lowest BCUT2D eigenvalue weighted by Crippen LogP contribution is -2.31. The molecule has 1 aromatic carbocycles. The lowest BCUT2D eigenvalue weighted by Gasteiger charge is -2.23. The third-order valence-electron chi connectivity index (χ3n) is 2.39. The Labute approximate surface area is 93.7 Å². The second kappa shape index (κ2) is 5.49. The number of hydrogen-bond acceptors (Lipinski definition) is 2. The first-order chi connectivity index (χ1) is 6.65. The molecule has 2 nitrogen and oxygen atoms in total. The van der Waals surface area contributed by atoms with Crippen molar-refractivity contribution < 1.29 is 5.11 Å². The van der Waals surface area contributed by atoms with E-state index in [-0.39, 0.29) is 12.6 Å². The molecule has 1 atom stereocenters. The fraction of sp³-hybridized carbons (Fsp3) is 0.455. The van der Waals surface area contributed by atoms with E-state index in [1.165, 1.54) is 5.56 Å². The largest absolute Gasteiger partial charge is 0.395 e. The third-order valence-corrected chi connectivity index (χ3v) is 3.17. The van der Waals surface area contributed by atoms with Gasteiger partial charge in [-0.25, -0.2) is 0 Å². The van der Waals surface area contributed by atoms with Gasteiger partial charge in [0.15, 0.2) is 0 Å². The molecule has 14 heavy (non-hydrogen) atoms. The molecule has 0 aliphatic heterocycles. The molecule has 1 N–H and O–H groups in total. The average Bonchev–Trinajstić information content (AvgIpc) is 2.20. The first-order valence-electron chi connectivity index (χ1n) is 4.69. The lowest BCUT2D eigenvalue weighted by molar-refractivity contribution is 0.154. The number of nitrogens with zero attached hydrogens (tertiary/aromatic N) is 1. The number of aliphatic hydroxyl groups excluding tert-OH is 1. The van der Waals surface area contributed by atoms with Crippen molar-refractivity contribution in [3.63, 3.8) is 0 Å². The molecule has 0 aliphatic carbocycles. The van der Waals surface area contributed by atoms with Crippen molar-refractivity contribution in [2.45, 2.75) is 19.5 Å². The van der Waals surface area contributed by atoms with Crippen LogP contribution in [0.2, 0.25) is 0 Å². The quantitative estimate of drug-likeness (QED) is 0.895. The van der Waals surface area contributed by atoms with Crippen molar-refractivity contribution in [1.29, 1.82) is 0 Å². The van der Waals surface area contributed by atoms with Gasteiger partial charge in [0, 0.05) is 17.1 Å². The normalized spacial score (nSPS) is 13.2. The first-order valence-corrected chi connectivity index (χ1v) is 5.49. The highest BCUT2D eigenvalue weighted by molar-refractivity contribution is 9.10. The molecule has 0 spiro atoms. The van der Waals surface area contributed by atoms with Crippen LogP contribution in [0.5, 0.6) is 0 Å². The van der Waals surface area contributed by atoms with Crippen molar-refractivity contribution >= 4 is 15.9 Å². The Morgan fingerprint density at radius 1 is 1.43 bits per heavy atom. The third kappa shape index (κ3) is 3.08. The van der Waals surface area contributed by atoms with Gasteiger partial charge in [-0.15, -0.1) is 0 Å². The van der Waals surface area contributed by atoms with E-state index < -0.39 is 0 Å². The second-order valence-electron chi connectivity index (χ2n) is 3.54. The molecule has 0 heterocycles. The molecule has 1 aromatic rings.